The van der Waals surface area contributed by atoms with Crippen molar-refractivity contribution in [3.8, 4) is 17.1 Å². The van der Waals surface area contributed by atoms with Crippen molar-refractivity contribution in [2.45, 2.75) is 193 Å². The first-order valence-electron chi connectivity index (χ1n) is 43.7. The van der Waals surface area contributed by atoms with Gasteiger partial charge in [-0.2, -0.15) is 0 Å². The number of imidazole rings is 2. The van der Waals surface area contributed by atoms with Crippen molar-refractivity contribution < 1.29 is 47.6 Å². The third kappa shape index (κ3) is 23.8. The Hall–Kier alpha value is -13.1. The summed E-state index contributed by atoms with van der Waals surface area (Å²) < 4.78 is 40.0. The predicted molar refractivity (Wildman–Crippen MR) is 495 cm³/mol. The van der Waals surface area contributed by atoms with Gasteiger partial charge in [0.25, 0.3) is 16.7 Å². The maximum atomic E-state index is 14.4. The summed E-state index contributed by atoms with van der Waals surface area (Å²) >= 11 is 5.94. The number of anilines is 4. The molecule has 2 aliphatic heterocycles. The van der Waals surface area contributed by atoms with Crippen molar-refractivity contribution in [3.63, 3.8) is 0 Å². The van der Waals surface area contributed by atoms with Gasteiger partial charge in [0.05, 0.1) is 102 Å². The number of para-hydroxylation sites is 3. The molecule has 0 radical (unpaired) electrons. The van der Waals surface area contributed by atoms with Crippen molar-refractivity contribution >= 4 is 114 Å². The molecule has 0 aliphatic carbocycles. The number of benzene rings is 6. The topological polar surface area (TPSA) is 402 Å². The van der Waals surface area contributed by atoms with E-state index in [-0.39, 0.29) is 59.1 Å². The van der Waals surface area contributed by atoms with Crippen molar-refractivity contribution in [3.05, 3.63) is 225 Å². The zero-order valence-corrected chi connectivity index (χ0v) is 74.6. The highest BCUT2D eigenvalue weighted by Gasteiger charge is 2.30. The van der Waals surface area contributed by atoms with E-state index in [0.717, 1.165) is 81.6 Å². The molecule has 0 spiro atoms. The van der Waals surface area contributed by atoms with Gasteiger partial charge in [0.15, 0.2) is 27.8 Å². The van der Waals surface area contributed by atoms with Gasteiger partial charge in [-0.15, -0.1) is 0 Å². The number of rotatable bonds is 32. The second kappa shape index (κ2) is 45.9. The van der Waals surface area contributed by atoms with Crippen LogP contribution in [0.4, 0.5) is 27.7 Å². The van der Waals surface area contributed by atoms with E-state index in [9.17, 15) is 33.6 Å². The lowest BCUT2D eigenvalue weighted by Gasteiger charge is -2.25. The van der Waals surface area contributed by atoms with Gasteiger partial charge in [0, 0.05) is 69.2 Å². The number of esters is 3. The number of nitrogens with zero attached hydrogens (tertiary/aromatic N) is 14. The van der Waals surface area contributed by atoms with Crippen LogP contribution >= 0.6 is 11.6 Å². The van der Waals surface area contributed by atoms with E-state index in [1.165, 1.54) is 40.4 Å². The Kier molecular flexibility index (Phi) is 33.7. The highest BCUT2D eigenvalue weighted by Crippen LogP contribution is 2.34. The molecule has 128 heavy (non-hydrogen) atoms. The molecule has 2 fully saturated rings. The highest BCUT2D eigenvalue weighted by molar-refractivity contribution is 6.33. The first kappa shape index (κ1) is 94.0. The number of methoxy groups -OCH3 is 3. The minimum atomic E-state index is -0.657. The van der Waals surface area contributed by atoms with Gasteiger partial charge in [-0.25, -0.2) is 49.7 Å². The SMILES string of the molecule is CC[C@H](N)c1nc2cccc(NCCCCC(=O)OC)c2c(=O)n1-c1ccccc1.CC[C@H](NC(=O)OC(C)(C)C)c1nc2cccc(NCCCCC(=O)OC)c2c(=O)n1-c1ccccc1.CC[C@H](Nc1ncnc2c1ncn2C1CCCCO1)c1nc2cccc(NCCCCC(=O)OC)c2c(=O)n1-c1ccccc1.Clc1ncnc2c1ncn2C1CCCCO1. The van der Waals surface area contributed by atoms with E-state index in [4.69, 9.17) is 51.2 Å². The Balaban J connectivity index is 0.000000162. The van der Waals surface area contributed by atoms with Gasteiger partial charge in [-0.3, -0.25) is 51.6 Å². The summed E-state index contributed by atoms with van der Waals surface area (Å²) in [5, 5.41) is 18.3. The molecule has 13 aromatic rings. The number of aromatic nitrogens is 14. The lowest BCUT2D eigenvalue weighted by molar-refractivity contribution is -0.141. The second-order valence-electron chi connectivity index (χ2n) is 31.7. The first-order chi connectivity index (χ1) is 62.1. The number of nitrogens with one attached hydrogen (secondary N) is 5. The van der Waals surface area contributed by atoms with Gasteiger partial charge in [0.2, 0.25) is 0 Å². The molecular weight excluding hydrogens is 1650 g/mol. The maximum absolute atomic E-state index is 14.4. The molecular formula is C94H113ClN20O13. The number of hydrogen-bond donors (Lipinski definition) is 6. The van der Waals surface area contributed by atoms with Crippen LogP contribution in [0, 0.1) is 0 Å². The van der Waals surface area contributed by atoms with E-state index in [2.05, 4.69) is 66.0 Å². The van der Waals surface area contributed by atoms with Gasteiger partial charge in [-0.05, 0) is 190 Å². The second-order valence-corrected chi connectivity index (χ2v) is 32.1. The van der Waals surface area contributed by atoms with Gasteiger partial charge < -0.3 is 60.7 Å². The molecule has 674 valence electrons. The molecule has 0 bridgehead atoms. The number of hydrogen-bond acceptors (Lipinski definition) is 27. The number of halogens is 1. The minimum Gasteiger partial charge on any atom is -0.469 e. The zero-order chi connectivity index (χ0) is 90.6. The zero-order valence-electron chi connectivity index (χ0n) is 73.8. The predicted octanol–water partition coefficient (Wildman–Crippen LogP) is 16.4. The fourth-order valence-corrected chi connectivity index (χ4v) is 15.3. The number of nitrogens with two attached hydrogens (primary N) is 1. The molecule has 0 saturated carbocycles. The summed E-state index contributed by atoms with van der Waals surface area (Å²) in [6.45, 7) is 14.7. The van der Waals surface area contributed by atoms with Crippen LogP contribution in [0.3, 0.4) is 0 Å². The molecule has 6 aromatic carbocycles. The van der Waals surface area contributed by atoms with Crippen LogP contribution in [0.2, 0.25) is 5.15 Å². The molecule has 2 unspecified atom stereocenters. The van der Waals surface area contributed by atoms with Gasteiger partial charge in [-0.1, -0.05) is 105 Å². The number of unbranched alkanes of at least 4 members (excludes halogenated alkanes) is 3. The fourth-order valence-electron chi connectivity index (χ4n) is 15.1. The molecule has 1 amide bonds. The molecule has 33 nitrogen and oxygen atoms in total. The number of alkyl carbamates (subject to hydrolysis) is 1. The Morgan fingerprint density at radius 2 is 0.867 bits per heavy atom. The molecule has 7 N–H and O–H groups in total. The minimum absolute atomic E-state index is 0.0321. The number of carbonyl (C=O) groups is 4. The summed E-state index contributed by atoms with van der Waals surface area (Å²) in [4.78, 5) is 129. The van der Waals surface area contributed by atoms with Crippen LogP contribution in [-0.4, -0.2) is 151 Å². The maximum Gasteiger partial charge on any atom is 0.408 e. The smallest absolute Gasteiger partial charge is 0.408 e. The van der Waals surface area contributed by atoms with E-state index >= 15 is 0 Å². The average molecular weight is 1770 g/mol. The van der Waals surface area contributed by atoms with Crippen molar-refractivity contribution in [1.82, 2.24) is 73.0 Å². The lowest BCUT2D eigenvalue weighted by Crippen LogP contribution is -2.37. The lowest BCUT2D eigenvalue weighted by atomic mass is 10.1. The molecule has 2 aliphatic rings. The molecule has 2 saturated heterocycles. The summed E-state index contributed by atoms with van der Waals surface area (Å²) in [5.41, 5.74) is 13.7. The fraction of sp³-hybridized carbons (Fsp3) is 0.404. The van der Waals surface area contributed by atoms with Crippen LogP contribution in [0.1, 0.15) is 205 Å². The van der Waals surface area contributed by atoms with Crippen LogP contribution in [0.15, 0.2) is 185 Å². The Morgan fingerprint density at radius 3 is 1.26 bits per heavy atom. The van der Waals surface area contributed by atoms with E-state index in [0.29, 0.717) is 178 Å². The van der Waals surface area contributed by atoms with Crippen LogP contribution in [0.25, 0.3) is 72.1 Å². The van der Waals surface area contributed by atoms with E-state index in [1.54, 1.807) is 53.2 Å². The summed E-state index contributed by atoms with van der Waals surface area (Å²) in [7, 11) is 4.16. The number of carbonyl (C=O) groups excluding carboxylic acids is 4. The van der Waals surface area contributed by atoms with Gasteiger partial charge in [0.1, 0.15) is 53.7 Å². The standard InChI is InChI=1S/C33H38N8O4.C28H36N4O5.C23H28N4O3.C10H11ClN4O/c1-3-23(38-30-29-32(36-20-35-30)40(21-37-29)26-16-8-10-19-45-26)31-39-25-15-11-14-24(34-18-9-7-17-27(42)44-2)28(25)33(43)41(31)22-12-5-4-6-13-22;1-6-20(31-27(35)37-28(2,3)4)25-30-22-16-12-15-21(29-18-11-10-17-23(33)36-5)24(22)26(34)32(25)19-13-8-7-9-14-19;1-3-17(24)22-26-19-13-9-12-18(25-15-8-7-14-20(28)30-2)21(19)23(29)27(22)16-10-5-4-6-11-16;11-9-8-10(13-5-12-9)15(6-14-8)7-3-1-2-4-16-7/h4-6,11-15,20-21,23,26,34H,3,7-10,16-19H2,1-2H3,(H,35,36,38);7-9,12-16,20,29H,6,10-11,17-18H2,1-5H3,(H,31,35);4-6,9-13,17,25H,3,7-8,14-15,24H2,1-2H3;5-7H,1-4H2/t23-,26?;20-;17-;/m000./s1. The normalized spacial score (nSPS) is 14.5. The van der Waals surface area contributed by atoms with Crippen molar-refractivity contribution in [2.24, 2.45) is 5.73 Å². The summed E-state index contributed by atoms with van der Waals surface area (Å²) in [6.07, 6.45) is 19.4. The molecule has 9 heterocycles. The Morgan fingerprint density at radius 1 is 0.477 bits per heavy atom. The number of amides is 1. The van der Waals surface area contributed by atoms with Crippen LogP contribution in [-0.2, 0) is 42.8 Å². The van der Waals surface area contributed by atoms with Crippen molar-refractivity contribution in [2.75, 3.05) is 75.4 Å². The monoisotopic (exact) mass is 1760 g/mol. The third-order valence-corrected chi connectivity index (χ3v) is 22.0. The first-order valence-corrected chi connectivity index (χ1v) is 44.0. The van der Waals surface area contributed by atoms with E-state index < -0.39 is 17.7 Å². The number of fused-ring (bicyclic) bond motifs is 5. The van der Waals surface area contributed by atoms with E-state index in [1.807, 2.05) is 169 Å². The Labute approximate surface area is 746 Å². The van der Waals surface area contributed by atoms with Crippen LogP contribution in [0.5, 0.6) is 0 Å². The quantitative estimate of drug-likeness (QED) is 0.00987. The molecule has 15 rings (SSSR count). The number of ether oxygens (including phenoxy) is 6. The summed E-state index contributed by atoms with van der Waals surface area (Å²) in [6, 6.07) is 43.7. The van der Waals surface area contributed by atoms with Crippen LogP contribution < -0.4 is 49.0 Å². The molecule has 5 atom stereocenters. The van der Waals surface area contributed by atoms with Crippen molar-refractivity contribution in [1.29, 1.82) is 0 Å². The Bertz CT molecular complexity index is 6100. The average Bonchev–Trinajstić information content (AvgIpc) is 1.02. The summed E-state index contributed by atoms with van der Waals surface area (Å²) in [5.74, 6) is 1.43. The molecule has 34 heteroatoms. The third-order valence-electron chi connectivity index (χ3n) is 21.7. The van der Waals surface area contributed by atoms with Gasteiger partial charge >= 0.3 is 24.0 Å². The largest absolute Gasteiger partial charge is 0.469 e. The molecule has 7 aromatic heterocycles. The highest BCUT2D eigenvalue weighted by atomic mass is 35.5.